The summed E-state index contributed by atoms with van der Waals surface area (Å²) in [5, 5.41) is 9.43. The summed E-state index contributed by atoms with van der Waals surface area (Å²) >= 11 is 11.8. The van der Waals surface area contributed by atoms with E-state index < -0.39 is 4.84 Å². The van der Waals surface area contributed by atoms with Gasteiger partial charge in [-0.3, -0.25) is 0 Å². The molecule has 0 bridgehead atoms. The molecule has 0 fully saturated rings. The average molecular weight is 299 g/mol. The Hall–Kier alpha value is -1.39. The van der Waals surface area contributed by atoms with E-state index in [2.05, 4.69) is 10.2 Å². The van der Waals surface area contributed by atoms with E-state index in [0.717, 1.165) is 21.9 Å². The molecule has 0 aliphatic carbocycles. The number of rotatable bonds is 2. The van der Waals surface area contributed by atoms with Crippen LogP contribution < -0.4 is 0 Å². The molecule has 1 aromatic carbocycles. The highest BCUT2D eigenvalue weighted by Gasteiger charge is 2.19. The smallest absolute Gasteiger partial charge is 0.338 e. The molecule has 1 heterocycles. The molecule has 0 aliphatic heterocycles. The Bertz CT molecular complexity index is 657. The third-order valence-electron chi connectivity index (χ3n) is 3.05. The van der Waals surface area contributed by atoms with Gasteiger partial charge in [-0.25, -0.2) is 4.79 Å². The van der Waals surface area contributed by atoms with Crippen molar-refractivity contribution in [2.24, 2.45) is 0 Å². The van der Waals surface area contributed by atoms with Crippen molar-refractivity contribution < 1.29 is 9.53 Å². The van der Waals surface area contributed by atoms with E-state index in [0.29, 0.717) is 11.3 Å². The first kappa shape index (κ1) is 14.0. The van der Waals surface area contributed by atoms with Gasteiger partial charge in [-0.15, -0.1) is 0 Å². The number of methoxy groups -OCH3 is 1. The highest BCUT2D eigenvalue weighted by atomic mass is 35.5. The first-order valence-corrected chi connectivity index (χ1v) is 6.46. The van der Waals surface area contributed by atoms with Gasteiger partial charge in [-0.05, 0) is 31.0 Å². The van der Waals surface area contributed by atoms with Gasteiger partial charge in [0, 0.05) is 10.8 Å². The van der Waals surface area contributed by atoms with Crippen LogP contribution in [0.15, 0.2) is 12.3 Å². The number of alkyl halides is 2. The van der Waals surface area contributed by atoms with Crippen LogP contribution >= 0.6 is 23.2 Å². The molecule has 2 rings (SSSR count). The zero-order valence-electron chi connectivity index (χ0n) is 10.7. The second-order valence-electron chi connectivity index (χ2n) is 4.18. The number of aryl methyl sites for hydroxylation is 2. The van der Waals surface area contributed by atoms with Crippen molar-refractivity contribution in [3.05, 3.63) is 34.6 Å². The Labute approximate surface area is 120 Å². The fraction of sp³-hybridized carbons (Fsp3) is 0.308. The number of ether oxygens (including phenoxy) is 1. The Balaban J connectivity index is 2.84. The minimum Gasteiger partial charge on any atom is -0.465 e. The normalized spacial score (nSPS) is 11.1. The maximum atomic E-state index is 11.8. The quantitative estimate of drug-likeness (QED) is 0.629. The van der Waals surface area contributed by atoms with E-state index >= 15 is 0 Å². The van der Waals surface area contributed by atoms with Crippen LogP contribution in [-0.2, 0) is 4.74 Å². The minimum absolute atomic E-state index is 0.372. The fourth-order valence-corrected chi connectivity index (χ4v) is 2.48. The molecule has 0 N–H and O–H groups in total. The van der Waals surface area contributed by atoms with Crippen molar-refractivity contribution in [3.63, 3.8) is 0 Å². The number of halogens is 2. The molecule has 1 aromatic heterocycles. The summed E-state index contributed by atoms with van der Waals surface area (Å²) in [6.45, 7) is 3.67. The number of carbonyl (C=O) groups excluding carboxylic acids is 1. The number of hydrogen-bond acceptors (Lipinski definition) is 4. The molecule has 0 spiro atoms. The first-order valence-electron chi connectivity index (χ1n) is 5.59. The predicted molar refractivity (Wildman–Crippen MR) is 74.8 cm³/mol. The molecule has 0 amide bonds. The number of esters is 1. The first-order chi connectivity index (χ1) is 8.97. The lowest BCUT2D eigenvalue weighted by Crippen LogP contribution is -2.08. The number of carbonyl (C=O) groups is 1. The number of fused-ring (bicyclic) bond motifs is 1. The topological polar surface area (TPSA) is 52.1 Å². The van der Waals surface area contributed by atoms with Gasteiger partial charge < -0.3 is 4.74 Å². The Morgan fingerprint density at radius 1 is 1.32 bits per heavy atom. The SMILES string of the molecule is COC(=O)c1c(C)cc2c(C(Cl)Cl)nncc2c1C. The molecule has 100 valence electrons. The van der Waals surface area contributed by atoms with Crippen LogP contribution in [-0.4, -0.2) is 23.3 Å². The van der Waals surface area contributed by atoms with Gasteiger partial charge >= 0.3 is 5.97 Å². The van der Waals surface area contributed by atoms with Crippen molar-refractivity contribution >= 4 is 39.9 Å². The second-order valence-corrected chi connectivity index (χ2v) is 5.27. The molecule has 0 aliphatic rings. The van der Waals surface area contributed by atoms with Crippen LogP contribution in [0.5, 0.6) is 0 Å². The zero-order chi connectivity index (χ0) is 14.2. The molecule has 6 heteroatoms. The number of aromatic nitrogens is 2. The molecular formula is C13H12Cl2N2O2. The van der Waals surface area contributed by atoms with Crippen molar-refractivity contribution in [2.75, 3.05) is 7.11 Å². The lowest BCUT2D eigenvalue weighted by Gasteiger charge is -2.13. The van der Waals surface area contributed by atoms with Gasteiger partial charge in [0.2, 0.25) is 0 Å². The van der Waals surface area contributed by atoms with Crippen LogP contribution in [0.1, 0.15) is 32.0 Å². The summed E-state index contributed by atoms with van der Waals surface area (Å²) in [5.74, 6) is -0.372. The lowest BCUT2D eigenvalue weighted by atomic mass is 9.96. The van der Waals surface area contributed by atoms with Crippen molar-refractivity contribution in [2.45, 2.75) is 18.7 Å². The maximum absolute atomic E-state index is 11.8. The molecule has 0 saturated carbocycles. The van der Waals surface area contributed by atoms with E-state index in [4.69, 9.17) is 27.9 Å². The zero-order valence-corrected chi connectivity index (χ0v) is 12.2. The van der Waals surface area contributed by atoms with Crippen molar-refractivity contribution in [1.29, 1.82) is 0 Å². The fourth-order valence-electron chi connectivity index (χ4n) is 2.16. The summed E-state index contributed by atoms with van der Waals surface area (Å²) in [7, 11) is 1.36. The molecule has 0 unspecified atom stereocenters. The molecule has 4 nitrogen and oxygen atoms in total. The van der Waals surface area contributed by atoms with E-state index in [1.54, 1.807) is 6.20 Å². The number of benzene rings is 1. The van der Waals surface area contributed by atoms with Gasteiger partial charge in [-0.1, -0.05) is 23.2 Å². The molecule has 0 atom stereocenters. The summed E-state index contributed by atoms with van der Waals surface area (Å²) in [6.07, 6.45) is 1.59. The third-order valence-corrected chi connectivity index (χ3v) is 3.46. The number of nitrogens with zero attached hydrogens (tertiary/aromatic N) is 2. The standard InChI is InChI=1S/C13H12Cl2N2O2/c1-6-4-8-9(5-16-17-11(8)12(14)15)7(2)10(6)13(18)19-3/h4-5,12H,1-3H3. The van der Waals surface area contributed by atoms with Gasteiger partial charge in [0.25, 0.3) is 0 Å². The number of hydrogen-bond donors (Lipinski definition) is 0. The second kappa shape index (κ2) is 5.31. The third kappa shape index (κ3) is 2.38. The summed E-state index contributed by atoms with van der Waals surface area (Å²) < 4.78 is 4.80. The van der Waals surface area contributed by atoms with Crippen LogP contribution in [0.4, 0.5) is 0 Å². The van der Waals surface area contributed by atoms with E-state index in [1.165, 1.54) is 7.11 Å². The van der Waals surface area contributed by atoms with Crippen LogP contribution in [0.25, 0.3) is 10.8 Å². The minimum atomic E-state index is -0.765. The van der Waals surface area contributed by atoms with E-state index in [9.17, 15) is 4.79 Å². The lowest BCUT2D eigenvalue weighted by molar-refractivity contribution is 0.0599. The van der Waals surface area contributed by atoms with Gasteiger partial charge in [0.05, 0.1) is 18.9 Å². The highest BCUT2D eigenvalue weighted by Crippen LogP contribution is 2.32. The molecule has 0 saturated heterocycles. The van der Waals surface area contributed by atoms with Crippen molar-refractivity contribution in [1.82, 2.24) is 10.2 Å². The van der Waals surface area contributed by atoms with Gasteiger partial charge in [0.15, 0.2) is 4.84 Å². The largest absolute Gasteiger partial charge is 0.465 e. The monoisotopic (exact) mass is 298 g/mol. The average Bonchev–Trinajstić information content (AvgIpc) is 2.37. The van der Waals surface area contributed by atoms with Gasteiger partial charge in [-0.2, -0.15) is 10.2 Å². The predicted octanol–water partition coefficient (Wildman–Crippen LogP) is 3.51. The van der Waals surface area contributed by atoms with Gasteiger partial charge in [0.1, 0.15) is 5.69 Å². The molecular weight excluding hydrogens is 287 g/mol. The van der Waals surface area contributed by atoms with E-state index in [-0.39, 0.29) is 5.97 Å². The highest BCUT2D eigenvalue weighted by molar-refractivity contribution is 6.44. The van der Waals surface area contributed by atoms with Crippen molar-refractivity contribution in [3.8, 4) is 0 Å². The summed E-state index contributed by atoms with van der Waals surface area (Å²) in [6, 6.07) is 1.83. The van der Waals surface area contributed by atoms with E-state index in [1.807, 2.05) is 19.9 Å². The maximum Gasteiger partial charge on any atom is 0.338 e. The molecule has 2 aromatic rings. The molecule has 0 radical (unpaired) electrons. The van der Waals surface area contributed by atoms with Crippen LogP contribution in [0.3, 0.4) is 0 Å². The Morgan fingerprint density at radius 2 is 2.00 bits per heavy atom. The summed E-state index contributed by atoms with van der Waals surface area (Å²) in [4.78, 5) is 11.0. The molecule has 19 heavy (non-hydrogen) atoms. The van der Waals surface area contributed by atoms with Crippen LogP contribution in [0, 0.1) is 13.8 Å². The van der Waals surface area contributed by atoms with Crippen LogP contribution in [0.2, 0.25) is 0 Å². The Kier molecular flexibility index (Phi) is 3.92. The summed E-state index contributed by atoms with van der Waals surface area (Å²) in [5.41, 5.74) is 2.60. The Morgan fingerprint density at radius 3 is 2.58 bits per heavy atom.